The van der Waals surface area contributed by atoms with Crippen molar-refractivity contribution in [2.75, 3.05) is 31.6 Å². The molecule has 2 aromatic rings. The molecule has 1 heterocycles. The van der Waals surface area contributed by atoms with Gasteiger partial charge in [-0.15, -0.1) is 0 Å². The number of carbonyl (C=O) groups is 1. The molecule has 0 saturated carbocycles. The minimum atomic E-state index is -3.64. The third-order valence-corrected chi connectivity index (χ3v) is 6.63. The summed E-state index contributed by atoms with van der Waals surface area (Å²) in [6.07, 6.45) is 3.05. The number of nitrogens with zero attached hydrogens (tertiary/aromatic N) is 1. The number of ether oxygens (including phenoxy) is 1. The highest BCUT2D eigenvalue weighted by atomic mass is 35.5. The van der Waals surface area contributed by atoms with Gasteiger partial charge < -0.3 is 10.1 Å². The van der Waals surface area contributed by atoms with Gasteiger partial charge in [-0.3, -0.25) is 4.79 Å². The van der Waals surface area contributed by atoms with Crippen LogP contribution in [0.2, 0.25) is 5.02 Å². The van der Waals surface area contributed by atoms with Gasteiger partial charge in [0.15, 0.2) is 0 Å². The smallest absolute Gasteiger partial charge is 0.248 e. The molecule has 2 aromatic carbocycles. The van der Waals surface area contributed by atoms with Crippen molar-refractivity contribution >= 4 is 39.3 Å². The summed E-state index contributed by atoms with van der Waals surface area (Å²) in [7, 11) is -3.64. The van der Waals surface area contributed by atoms with Crippen molar-refractivity contribution < 1.29 is 17.9 Å². The Morgan fingerprint density at radius 1 is 1.14 bits per heavy atom. The average molecular weight is 421 g/mol. The minimum absolute atomic E-state index is 0.189. The summed E-state index contributed by atoms with van der Waals surface area (Å²) in [5, 5.41) is 3.33. The van der Waals surface area contributed by atoms with E-state index in [0.717, 1.165) is 5.56 Å². The van der Waals surface area contributed by atoms with E-state index in [4.69, 9.17) is 16.3 Å². The summed E-state index contributed by atoms with van der Waals surface area (Å²) in [5.41, 5.74) is 1.88. The Balaban J connectivity index is 1.75. The second-order valence-corrected chi connectivity index (χ2v) is 8.71. The molecule has 3 rings (SSSR count). The lowest BCUT2D eigenvalue weighted by Crippen LogP contribution is -2.40. The second kappa shape index (κ2) is 8.87. The largest absolute Gasteiger partial charge is 0.379 e. The topological polar surface area (TPSA) is 75.7 Å². The third kappa shape index (κ3) is 4.99. The third-order valence-electron chi connectivity index (χ3n) is 4.34. The molecule has 0 unspecified atom stereocenters. The van der Waals surface area contributed by atoms with Crippen molar-refractivity contribution in [1.29, 1.82) is 0 Å². The summed E-state index contributed by atoms with van der Waals surface area (Å²) in [6.45, 7) is 3.14. The highest BCUT2D eigenvalue weighted by Crippen LogP contribution is 2.24. The zero-order valence-corrected chi connectivity index (χ0v) is 17.0. The van der Waals surface area contributed by atoms with Crippen molar-refractivity contribution in [2.45, 2.75) is 11.8 Å². The number of anilines is 1. The van der Waals surface area contributed by atoms with E-state index in [0.29, 0.717) is 42.6 Å². The van der Waals surface area contributed by atoms with Crippen LogP contribution in [0.3, 0.4) is 0 Å². The highest BCUT2D eigenvalue weighted by molar-refractivity contribution is 7.89. The normalized spacial score (nSPS) is 15.6. The maximum absolute atomic E-state index is 12.9. The molecule has 0 aromatic heterocycles. The first-order chi connectivity index (χ1) is 13.4. The summed E-state index contributed by atoms with van der Waals surface area (Å²) >= 11 is 5.84. The van der Waals surface area contributed by atoms with Crippen LogP contribution in [-0.4, -0.2) is 44.9 Å². The number of halogens is 1. The van der Waals surface area contributed by atoms with Gasteiger partial charge in [0, 0.05) is 29.9 Å². The molecule has 1 saturated heterocycles. The molecule has 0 atom stereocenters. The molecule has 148 valence electrons. The Morgan fingerprint density at radius 2 is 1.82 bits per heavy atom. The Hall–Kier alpha value is -2.19. The van der Waals surface area contributed by atoms with Crippen LogP contribution in [0.4, 0.5) is 5.69 Å². The van der Waals surface area contributed by atoms with E-state index in [-0.39, 0.29) is 10.8 Å². The van der Waals surface area contributed by atoms with E-state index < -0.39 is 10.0 Å². The van der Waals surface area contributed by atoms with E-state index in [1.807, 2.05) is 0 Å². The number of morpholine rings is 1. The number of carbonyl (C=O) groups excluding carboxylic acids is 1. The quantitative estimate of drug-likeness (QED) is 0.753. The minimum Gasteiger partial charge on any atom is -0.379 e. The molecule has 8 heteroatoms. The predicted octanol–water partition coefficient (Wildman–Crippen LogP) is 3.32. The summed E-state index contributed by atoms with van der Waals surface area (Å²) in [4.78, 5) is 12.4. The lowest BCUT2D eigenvalue weighted by atomic mass is 10.2. The zero-order chi connectivity index (χ0) is 20.1. The fourth-order valence-electron chi connectivity index (χ4n) is 2.81. The number of aryl methyl sites for hydroxylation is 1. The van der Waals surface area contributed by atoms with E-state index in [1.54, 1.807) is 49.4 Å². The Labute approximate surface area is 169 Å². The molecule has 0 radical (unpaired) electrons. The number of rotatable bonds is 5. The number of hydrogen-bond acceptors (Lipinski definition) is 4. The summed E-state index contributed by atoms with van der Waals surface area (Å²) in [5.74, 6) is -0.353. The van der Waals surface area contributed by atoms with Gasteiger partial charge in [0.25, 0.3) is 0 Å². The molecule has 1 aliphatic heterocycles. The molecule has 1 amide bonds. The van der Waals surface area contributed by atoms with Crippen molar-refractivity contribution in [3.05, 3.63) is 64.7 Å². The van der Waals surface area contributed by atoms with Crippen LogP contribution in [0.1, 0.15) is 11.1 Å². The van der Waals surface area contributed by atoms with Crippen LogP contribution in [0.25, 0.3) is 6.08 Å². The van der Waals surface area contributed by atoms with Crippen LogP contribution < -0.4 is 5.32 Å². The van der Waals surface area contributed by atoms with E-state index in [9.17, 15) is 13.2 Å². The van der Waals surface area contributed by atoms with Crippen LogP contribution >= 0.6 is 11.6 Å². The van der Waals surface area contributed by atoms with Gasteiger partial charge >= 0.3 is 0 Å². The maximum Gasteiger partial charge on any atom is 0.248 e. The first-order valence-corrected chi connectivity index (χ1v) is 10.6. The fraction of sp³-hybridized carbons (Fsp3) is 0.250. The number of nitrogens with one attached hydrogen (secondary N) is 1. The SMILES string of the molecule is Cc1ccc(NC(=O)/C=C/c2ccc(Cl)cc2)cc1S(=O)(=O)N1CCOCC1. The summed E-state index contributed by atoms with van der Waals surface area (Å²) < 4.78 is 32.5. The number of amides is 1. The highest BCUT2D eigenvalue weighted by Gasteiger charge is 2.28. The molecule has 0 aliphatic carbocycles. The van der Waals surface area contributed by atoms with Crippen LogP contribution in [-0.2, 0) is 19.6 Å². The van der Waals surface area contributed by atoms with E-state index in [2.05, 4.69) is 5.32 Å². The van der Waals surface area contributed by atoms with Crippen LogP contribution in [0.15, 0.2) is 53.4 Å². The van der Waals surface area contributed by atoms with Crippen molar-refractivity contribution in [3.63, 3.8) is 0 Å². The molecule has 1 aliphatic rings. The predicted molar refractivity (Wildman–Crippen MR) is 110 cm³/mol. The number of hydrogen-bond donors (Lipinski definition) is 1. The van der Waals surface area contributed by atoms with Gasteiger partial charge in [-0.25, -0.2) is 8.42 Å². The van der Waals surface area contributed by atoms with Crippen LogP contribution in [0, 0.1) is 6.92 Å². The van der Waals surface area contributed by atoms with Crippen molar-refractivity contribution in [2.24, 2.45) is 0 Å². The summed E-state index contributed by atoms with van der Waals surface area (Å²) in [6, 6.07) is 11.9. The van der Waals surface area contributed by atoms with Gasteiger partial charge in [-0.05, 0) is 48.4 Å². The monoisotopic (exact) mass is 420 g/mol. The Morgan fingerprint density at radius 3 is 2.50 bits per heavy atom. The molecule has 1 N–H and O–H groups in total. The number of sulfonamides is 1. The first-order valence-electron chi connectivity index (χ1n) is 8.79. The molecule has 0 bridgehead atoms. The van der Waals surface area contributed by atoms with Gasteiger partial charge in [0.1, 0.15) is 0 Å². The molecule has 28 heavy (non-hydrogen) atoms. The van der Waals surface area contributed by atoms with Crippen LogP contribution in [0.5, 0.6) is 0 Å². The van der Waals surface area contributed by atoms with E-state index in [1.165, 1.54) is 16.4 Å². The molecule has 1 fully saturated rings. The molecule has 6 nitrogen and oxygen atoms in total. The lowest BCUT2D eigenvalue weighted by Gasteiger charge is -2.26. The molecule has 0 spiro atoms. The second-order valence-electron chi connectivity index (χ2n) is 6.37. The lowest BCUT2D eigenvalue weighted by molar-refractivity contribution is -0.111. The molecular formula is C20H21ClN2O4S. The standard InChI is InChI=1S/C20H21ClN2O4S/c1-15-2-8-18(14-19(15)28(25,26)23-10-12-27-13-11-23)22-20(24)9-5-16-3-6-17(21)7-4-16/h2-9,14H,10-13H2,1H3,(H,22,24)/b9-5+. The maximum atomic E-state index is 12.9. The molecular weight excluding hydrogens is 400 g/mol. The van der Waals surface area contributed by atoms with Crippen molar-refractivity contribution in [3.8, 4) is 0 Å². The fourth-order valence-corrected chi connectivity index (χ4v) is 4.60. The first kappa shape index (κ1) is 20.5. The van der Waals surface area contributed by atoms with Gasteiger partial charge in [0.05, 0.1) is 18.1 Å². The zero-order valence-electron chi connectivity index (χ0n) is 15.4. The van der Waals surface area contributed by atoms with Crippen molar-refractivity contribution in [1.82, 2.24) is 4.31 Å². The van der Waals surface area contributed by atoms with Gasteiger partial charge in [0.2, 0.25) is 15.9 Å². The van der Waals surface area contributed by atoms with Gasteiger partial charge in [-0.1, -0.05) is 29.8 Å². The average Bonchev–Trinajstić information content (AvgIpc) is 2.69. The Bertz CT molecular complexity index is 982. The Kier molecular flexibility index (Phi) is 6.51. The van der Waals surface area contributed by atoms with Gasteiger partial charge in [-0.2, -0.15) is 4.31 Å². The van der Waals surface area contributed by atoms with E-state index >= 15 is 0 Å². The number of benzene rings is 2.